The first-order valence-corrected chi connectivity index (χ1v) is 5.95. The average molecular weight is 287 g/mol. The third-order valence-electron chi connectivity index (χ3n) is 1.66. The predicted molar refractivity (Wildman–Crippen MR) is 60.8 cm³/mol. The monoisotopic (exact) mass is 286 g/mol. The maximum Gasteiger partial charge on any atom is 0.438 e. The molecule has 0 radical (unpaired) electrons. The maximum atomic E-state index is 10.7. The van der Waals surface area contributed by atoms with E-state index in [-0.39, 0.29) is 0 Å². The minimum Gasteiger partial charge on any atom is -0.296 e. The molecule has 1 N–H and O–H groups in total. The SMILES string of the molecule is O=c1[nH]c(CSc2cccc(Br)c2)no1. The van der Waals surface area contributed by atoms with Crippen molar-refractivity contribution in [2.24, 2.45) is 0 Å². The zero-order valence-electron chi connectivity index (χ0n) is 7.57. The highest BCUT2D eigenvalue weighted by molar-refractivity contribution is 9.10. The summed E-state index contributed by atoms with van der Waals surface area (Å²) in [5.41, 5.74) is 0. The number of rotatable bonds is 3. The summed E-state index contributed by atoms with van der Waals surface area (Å²) in [5, 5.41) is 3.58. The molecule has 0 atom stereocenters. The molecule has 0 saturated carbocycles. The quantitative estimate of drug-likeness (QED) is 0.881. The van der Waals surface area contributed by atoms with Gasteiger partial charge in [-0.2, -0.15) is 0 Å². The number of hydrogen-bond acceptors (Lipinski definition) is 4. The van der Waals surface area contributed by atoms with Crippen molar-refractivity contribution >= 4 is 27.7 Å². The molecule has 0 fully saturated rings. The summed E-state index contributed by atoms with van der Waals surface area (Å²) in [6.45, 7) is 0. The molecule has 0 aliphatic rings. The maximum absolute atomic E-state index is 10.7. The standard InChI is InChI=1S/C9H7BrN2O2S/c10-6-2-1-3-7(4-6)15-5-8-11-9(13)14-12-8/h1-4H,5H2,(H,11,12,13). The van der Waals surface area contributed by atoms with Crippen LogP contribution in [0.2, 0.25) is 0 Å². The number of hydrogen-bond donors (Lipinski definition) is 1. The second-order valence-corrected chi connectivity index (χ2v) is 4.75. The van der Waals surface area contributed by atoms with E-state index in [1.807, 2.05) is 24.3 Å². The summed E-state index contributed by atoms with van der Waals surface area (Å²) in [6.07, 6.45) is 0. The number of aromatic amines is 1. The molecule has 1 aromatic heterocycles. The third kappa shape index (κ3) is 2.97. The van der Waals surface area contributed by atoms with Crippen LogP contribution in [0.4, 0.5) is 0 Å². The molecule has 15 heavy (non-hydrogen) atoms. The molecule has 6 heteroatoms. The molecular formula is C9H7BrN2O2S. The van der Waals surface area contributed by atoms with Crippen LogP contribution in [0.5, 0.6) is 0 Å². The lowest BCUT2D eigenvalue weighted by atomic mass is 10.4. The molecule has 0 saturated heterocycles. The van der Waals surface area contributed by atoms with Gasteiger partial charge in [0.25, 0.3) is 0 Å². The highest BCUT2D eigenvalue weighted by Crippen LogP contribution is 2.23. The highest BCUT2D eigenvalue weighted by atomic mass is 79.9. The van der Waals surface area contributed by atoms with E-state index in [4.69, 9.17) is 0 Å². The zero-order chi connectivity index (χ0) is 10.7. The van der Waals surface area contributed by atoms with Gasteiger partial charge < -0.3 is 0 Å². The lowest BCUT2D eigenvalue weighted by molar-refractivity contribution is 0.383. The van der Waals surface area contributed by atoms with Crippen molar-refractivity contribution in [2.45, 2.75) is 10.6 Å². The molecule has 4 nitrogen and oxygen atoms in total. The fourth-order valence-corrected chi connectivity index (χ4v) is 2.40. The van der Waals surface area contributed by atoms with E-state index in [1.165, 1.54) is 0 Å². The van der Waals surface area contributed by atoms with E-state index >= 15 is 0 Å². The van der Waals surface area contributed by atoms with Crippen LogP contribution in [-0.2, 0) is 5.75 Å². The van der Waals surface area contributed by atoms with Crippen LogP contribution in [0, 0.1) is 0 Å². The summed E-state index contributed by atoms with van der Waals surface area (Å²) >= 11 is 4.97. The van der Waals surface area contributed by atoms with Gasteiger partial charge in [0.1, 0.15) is 0 Å². The lowest BCUT2D eigenvalue weighted by Crippen LogP contribution is -1.95. The topological polar surface area (TPSA) is 58.9 Å². The molecule has 0 unspecified atom stereocenters. The minimum atomic E-state index is -0.514. The number of nitrogens with one attached hydrogen (secondary N) is 1. The van der Waals surface area contributed by atoms with Crippen molar-refractivity contribution in [3.05, 3.63) is 45.1 Å². The molecule has 78 valence electrons. The summed E-state index contributed by atoms with van der Waals surface area (Å²) in [5.74, 6) is 0.618. The van der Waals surface area contributed by atoms with E-state index in [9.17, 15) is 4.79 Å². The molecule has 0 amide bonds. The van der Waals surface area contributed by atoms with Gasteiger partial charge in [0.15, 0.2) is 5.82 Å². The van der Waals surface area contributed by atoms with Crippen molar-refractivity contribution in [3.8, 4) is 0 Å². The number of benzene rings is 1. The average Bonchev–Trinajstić information content (AvgIpc) is 2.62. The number of halogens is 1. The van der Waals surface area contributed by atoms with Gasteiger partial charge >= 0.3 is 5.76 Å². The second kappa shape index (κ2) is 4.67. The van der Waals surface area contributed by atoms with Crippen molar-refractivity contribution in [1.82, 2.24) is 10.1 Å². The van der Waals surface area contributed by atoms with Gasteiger partial charge in [0, 0.05) is 9.37 Å². The summed E-state index contributed by atoms with van der Waals surface area (Å²) in [4.78, 5) is 14.3. The van der Waals surface area contributed by atoms with Crippen LogP contribution in [0.1, 0.15) is 5.82 Å². The molecule has 1 heterocycles. The number of thioether (sulfide) groups is 1. The van der Waals surface area contributed by atoms with Crippen LogP contribution < -0.4 is 5.76 Å². The van der Waals surface area contributed by atoms with Crippen LogP contribution in [-0.4, -0.2) is 10.1 Å². The molecular weight excluding hydrogens is 280 g/mol. The Morgan fingerprint density at radius 1 is 1.53 bits per heavy atom. The summed E-state index contributed by atoms with van der Waals surface area (Å²) in [7, 11) is 0. The molecule has 0 aliphatic carbocycles. The van der Waals surface area contributed by atoms with Crippen LogP contribution in [0.25, 0.3) is 0 Å². The molecule has 0 spiro atoms. The smallest absolute Gasteiger partial charge is 0.296 e. The van der Waals surface area contributed by atoms with Gasteiger partial charge in [0.2, 0.25) is 0 Å². The van der Waals surface area contributed by atoms with E-state index in [0.29, 0.717) is 11.6 Å². The Bertz CT molecular complexity index is 509. The highest BCUT2D eigenvalue weighted by Gasteiger charge is 2.01. The van der Waals surface area contributed by atoms with Gasteiger partial charge in [-0.15, -0.1) is 11.8 Å². The normalized spacial score (nSPS) is 10.5. The number of H-pyrrole nitrogens is 1. The van der Waals surface area contributed by atoms with Crippen LogP contribution >= 0.6 is 27.7 Å². The van der Waals surface area contributed by atoms with E-state index in [2.05, 4.69) is 30.6 Å². The Kier molecular flexibility index (Phi) is 3.27. The van der Waals surface area contributed by atoms with Crippen molar-refractivity contribution in [1.29, 1.82) is 0 Å². The van der Waals surface area contributed by atoms with Gasteiger partial charge in [-0.25, -0.2) is 4.79 Å². The van der Waals surface area contributed by atoms with Crippen molar-refractivity contribution in [2.75, 3.05) is 0 Å². The fourth-order valence-electron chi connectivity index (χ4n) is 1.03. The molecule has 1 aromatic carbocycles. The van der Waals surface area contributed by atoms with Gasteiger partial charge in [0.05, 0.1) is 5.75 Å². The Labute approximate surface area is 98.2 Å². The first-order valence-electron chi connectivity index (χ1n) is 4.17. The Balaban J connectivity index is 2.02. The van der Waals surface area contributed by atoms with Crippen molar-refractivity contribution < 1.29 is 4.52 Å². The van der Waals surface area contributed by atoms with Crippen LogP contribution in [0.3, 0.4) is 0 Å². The van der Waals surface area contributed by atoms with Gasteiger partial charge in [-0.05, 0) is 18.2 Å². The summed E-state index contributed by atoms with van der Waals surface area (Å²) < 4.78 is 5.42. The number of aromatic nitrogens is 2. The largest absolute Gasteiger partial charge is 0.438 e. The number of nitrogens with zero attached hydrogens (tertiary/aromatic N) is 1. The molecule has 2 rings (SSSR count). The Hall–Kier alpha value is -1.01. The van der Waals surface area contributed by atoms with E-state index in [1.54, 1.807) is 11.8 Å². The first-order chi connectivity index (χ1) is 7.24. The minimum absolute atomic E-state index is 0.514. The molecule has 0 aliphatic heterocycles. The molecule has 0 bridgehead atoms. The molecule has 2 aromatic rings. The fraction of sp³-hybridized carbons (Fsp3) is 0.111. The third-order valence-corrected chi connectivity index (χ3v) is 3.16. The van der Waals surface area contributed by atoms with Crippen molar-refractivity contribution in [3.63, 3.8) is 0 Å². The summed E-state index contributed by atoms with van der Waals surface area (Å²) in [6, 6.07) is 7.91. The van der Waals surface area contributed by atoms with Crippen LogP contribution in [0.15, 0.2) is 43.0 Å². The predicted octanol–water partition coefficient (Wildman–Crippen LogP) is 2.42. The van der Waals surface area contributed by atoms with Gasteiger partial charge in [-0.3, -0.25) is 9.51 Å². The lowest BCUT2D eigenvalue weighted by Gasteiger charge is -1.98. The van der Waals surface area contributed by atoms with E-state index in [0.717, 1.165) is 9.37 Å². The first kappa shape index (κ1) is 10.5. The second-order valence-electron chi connectivity index (χ2n) is 2.79. The zero-order valence-corrected chi connectivity index (χ0v) is 9.97. The van der Waals surface area contributed by atoms with Gasteiger partial charge in [-0.1, -0.05) is 27.2 Å². The van der Waals surface area contributed by atoms with E-state index < -0.39 is 5.76 Å². The Morgan fingerprint density at radius 2 is 2.40 bits per heavy atom. The Morgan fingerprint density at radius 3 is 3.07 bits per heavy atom.